The Labute approximate surface area is 195 Å². The average Bonchev–Trinajstić information content (AvgIpc) is 3.00. The van der Waals surface area contributed by atoms with Crippen molar-refractivity contribution in [2.45, 2.75) is 95.9 Å². The van der Waals surface area contributed by atoms with Gasteiger partial charge < -0.3 is 24.3 Å². The lowest BCUT2D eigenvalue weighted by Crippen LogP contribution is -2.57. The predicted octanol–water partition coefficient (Wildman–Crippen LogP) is 0.898. The Bertz CT molecular complexity index is 937. The molecule has 194 valence electrons. The van der Waals surface area contributed by atoms with Gasteiger partial charge >= 0.3 is 6.09 Å². The maximum Gasteiger partial charge on any atom is 0.408 e. The van der Waals surface area contributed by atoms with Crippen molar-refractivity contribution in [3.63, 3.8) is 0 Å². The summed E-state index contributed by atoms with van der Waals surface area (Å²) in [5.41, 5.74) is -2.13. The molecule has 33 heavy (non-hydrogen) atoms. The lowest BCUT2D eigenvalue weighted by Gasteiger charge is -2.33. The van der Waals surface area contributed by atoms with Crippen molar-refractivity contribution >= 4 is 26.3 Å². The van der Waals surface area contributed by atoms with Crippen molar-refractivity contribution in [3.05, 3.63) is 0 Å². The third kappa shape index (κ3) is 8.30. The number of rotatable bonds is 7. The molecule has 1 amide bonds. The van der Waals surface area contributed by atoms with E-state index in [2.05, 4.69) is 5.32 Å². The summed E-state index contributed by atoms with van der Waals surface area (Å²) in [5.74, 6) is -0.984. The molecule has 0 bridgehead atoms. The largest absolute Gasteiger partial charge is 0.444 e. The second kappa shape index (κ2) is 9.21. The van der Waals surface area contributed by atoms with E-state index < -0.39 is 73.8 Å². The van der Waals surface area contributed by atoms with Crippen molar-refractivity contribution < 1.29 is 48.9 Å². The summed E-state index contributed by atoms with van der Waals surface area (Å²) < 4.78 is 81.3. The van der Waals surface area contributed by atoms with Gasteiger partial charge in [0.1, 0.15) is 30.0 Å². The highest BCUT2D eigenvalue weighted by Gasteiger charge is 2.59. The topological polar surface area (TPSA) is 153 Å². The van der Waals surface area contributed by atoms with Crippen molar-refractivity contribution in [1.82, 2.24) is 5.32 Å². The fraction of sp³-hybridized carbons (Fsp3) is 0.947. The molecule has 2 saturated heterocycles. The van der Waals surface area contributed by atoms with Crippen LogP contribution >= 0.6 is 0 Å². The predicted molar refractivity (Wildman–Crippen MR) is 116 cm³/mol. The zero-order valence-electron chi connectivity index (χ0n) is 20.4. The zero-order chi connectivity index (χ0) is 25.6. The second-order valence-corrected chi connectivity index (χ2v) is 13.4. The van der Waals surface area contributed by atoms with Crippen LogP contribution < -0.4 is 5.32 Å². The monoisotopic (exact) mass is 517 g/mol. The van der Waals surface area contributed by atoms with E-state index in [1.54, 1.807) is 34.6 Å². The molecule has 2 aliphatic heterocycles. The molecule has 2 rings (SSSR count). The average molecular weight is 518 g/mol. The van der Waals surface area contributed by atoms with E-state index in [-0.39, 0.29) is 6.61 Å². The Morgan fingerprint density at radius 1 is 1.00 bits per heavy atom. The van der Waals surface area contributed by atoms with E-state index in [1.807, 2.05) is 0 Å². The molecule has 12 nitrogen and oxygen atoms in total. The summed E-state index contributed by atoms with van der Waals surface area (Å²) in [6.45, 7) is 11.5. The SMILES string of the molecule is CC(C)(C)OC(=O)NC([C@H]1COC(C)(C)O1)[C@@H]1OC(C)(C)[C@@H](OS(C)(=O)=O)[C@@H]1OS(C)(=O)=O. The molecule has 0 aliphatic carbocycles. The smallest absolute Gasteiger partial charge is 0.408 e. The molecule has 2 aliphatic rings. The van der Waals surface area contributed by atoms with E-state index >= 15 is 0 Å². The van der Waals surface area contributed by atoms with Gasteiger partial charge in [-0.3, -0.25) is 8.37 Å². The van der Waals surface area contributed by atoms with Gasteiger partial charge in [0.15, 0.2) is 5.79 Å². The minimum absolute atomic E-state index is 0.0386. The van der Waals surface area contributed by atoms with Crippen LogP contribution in [-0.4, -0.2) is 89.5 Å². The highest BCUT2D eigenvalue weighted by Crippen LogP contribution is 2.40. The first kappa shape index (κ1) is 28.2. The van der Waals surface area contributed by atoms with Crippen molar-refractivity contribution in [1.29, 1.82) is 0 Å². The van der Waals surface area contributed by atoms with Gasteiger partial charge in [0.2, 0.25) is 0 Å². The highest BCUT2D eigenvalue weighted by molar-refractivity contribution is 7.86. The molecule has 0 aromatic carbocycles. The number of hydrogen-bond acceptors (Lipinski definition) is 11. The normalized spacial score (nSPS) is 30.7. The van der Waals surface area contributed by atoms with E-state index in [0.29, 0.717) is 0 Å². The lowest BCUT2D eigenvalue weighted by molar-refractivity contribution is -0.150. The highest BCUT2D eigenvalue weighted by atomic mass is 32.2. The molecule has 1 unspecified atom stereocenters. The molecule has 0 spiro atoms. The van der Waals surface area contributed by atoms with Gasteiger partial charge in [-0.15, -0.1) is 0 Å². The standard InChI is InChI=1S/C19H35NO11S2/c1-17(2,3)29-16(21)20-12(11-10-26-19(6,7)27-11)13-14(30-32(8,22)23)15(18(4,5)28-13)31-33(9,24)25/h11-15H,10H2,1-9H3,(H,20,21)/t11-,12?,13+,14-,15+/m1/s1. The van der Waals surface area contributed by atoms with Crippen LogP contribution in [0.3, 0.4) is 0 Å². The number of amides is 1. The minimum Gasteiger partial charge on any atom is -0.444 e. The van der Waals surface area contributed by atoms with Gasteiger partial charge in [0.25, 0.3) is 20.2 Å². The van der Waals surface area contributed by atoms with Gasteiger partial charge in [-0.1, -0.05) is 0 Å². The first-order valence-corrected chi connectivity index (χ1v) is 14.0. The van der Waals surface area contributed by atoms with Crippen LogP contribution in [0.1, 0.15) is 48.5 Å². The number of carbonyl (C=O) groups is 1. The molecule has 2 heterocycles. The van der Waals surface area contributed by atoms with Crippen LogP contribution in [-0.2, 0) is 47.5 Å². The van der Waals surface area contributed by atoms with Crippen molar-refractivity contribution in [3.8, 4) is 0 Å². The van der Waals surface area contributed by atoms with E-state index in [4.69, 9.17) is 27.3 Å². The number of hydrogen-bond donors (Lipinski definition) is 1. The zero-order valence-corrected chi connectivity index (χ0v) is 22.0. The summed E-state index contributed by atoms with van der Waals surface area (Å²) in [6.07, 6.45) is -3.93. The molecular formula is C19H35NO11S2. The van der Waals surface area contributed by atoms with Crippen LogP contribution in [0.25, 0.3) is 0 Å². The quantitative estimate of drug-likeness (QED) is 0.479. The minimum atomic E-state index is -4.09. The molecule has 5 atom stereocenters. The molecule has 14 heteroatoms. The summed E-state index contributed by atoms with van der Waals surface area (Å²) in [4.78, 5) is 12.6. The third-order valence-corrected chi connectivity index (χ3v) is 5.91. The van der Waals surface area contributed by atoms with E-state index in [9.17, 15) is 21.6 Å². The number of nitrogens with one attached hydrogen (secondary N) is 1. The lowest BCUT2D eigenvalue weighted by atomic mass is 9.94. The van der Waals surface area contributed by atoms with Crippen LogP contribution in [0, 0.1) is 0 Å². The first-order chi connectivity index (χ1) is 14.6. The van der Waals surface area contributed by atoms with Crippen molar-refractivity contribution in [2.75, 3.05) is 19.1 Å². The third-order valence-electron chi connectivity index (χ3n) is 4.78. The Kier molecular flexibility index (Phi) is 7.87. The van der Waals surface area contributed by atoms with Gasteiger partial charge in [0, 0.05) is 0 Å². The Morgan fingerprint density at radius 3 is 1.97 bits per heavy atom. The molecule has 2 fully saturated rings. The van der Waals surface area contributed by atoms with Gasteiger partial charge in [0.05, 0.1) is 30.8 Å². The molecule has 0 radical (unpaired) electrons. The maximum absolute atomic E-state index is 12.6. The van der Waals surface area contributed by atoms with E-state index in [0.717, 1.165) is 12.5 Å². The summed E-state index contributed by atoms with van der Waals surface area (Å²) >= 11 is 0. The Morgan fingerprint density at radius 2 is 1.55 bits per heavy atom. The van der Waals surface area contributed by atoms with Crippen LogP contribution in [0.2, 0.25) is 0 Å². The van der Waals surface area contributed by atoms with Gasteiger partial charge in [-0.05, 0) is 48.5 Å². The van der Waals surface area contributed by atoms with Crippen LogP contribution in [0.15, 0.2) is 0 Å². The van der Waals surface area contributed by atoms with E-state index in [1.165, 1.54) is 13.8 Å². The number of carbonyl (C=O) groups excluding carboxylic acids is 1. The summed E-state index contributed by atoms with van der Waals surface area (Å²) in [5, 5.41) is 2.66. The second-order valence-electron chi connectivity index (χ2n) is 10.2. The molecule has 0 aromatic rings. The fourth-order valence-corrected chi connectivity index (χ4v) is 5.05. The molecular weight excluding hydrogens is 482 g/mol. The molecule has 0 saturated carbocycles. The molecule has 1 N–H and O–H groups in total. The maximum atomic E-state index is 12.6. The van der Waals surface area contributed by atoms with Gasteiger partial charge in [-0.25, -0.2) is 4.79 Å². The number of alkyl carbamates (subject to hydrolysis) is 1. The van der Waals surface area contributed by atoms with Crippen LogP contribution in [0.4, 0.5) is 4.79 Å². The summed E-state index contributed by atoms with van der Waals surface area (Å²) in [6, 6.07) is -1.04. The van der Waals surface area contributed by atoms with Crippen molar-refractivity contribution in [2.24, 2.45) is 0 Å². The summed E-state index contributed by atoms with van der Waals surface area (Å²) in [7, 11) is -8.11. The molecule has 0 aromatic heterocycles. The number of ether oxygens (including phenoxy) is 4. The Hall–Kier alpha value is -1.03. The van der Waals surface area contributed by atoms with Crippen LogP contribution in [0.5, 0.6) is 0 Å². The first-order valence-electron chi connectivity index (χ1n) is 10.3. The Balaban J connectivity index is 2.49. The fourth-order valence-electron chi connectivity index (χ4n) is 3.72. The van der Waals surface area contributed by atoms with Gasteiger partial charge in [-0.2, -0.15) is 16.8 Å².